The summed E-state index contributed by atoms with van der Waals surface area (Å²) in [6, 6.07) is 6.34. The molecule has 6 heteroatoms. The topological polar surface area (TPSA) is 35.5 Å². The number of carbonyl (C=O) groups excluding carboxylic acids is 1. The van der Waals surface area contributed by atoms with Crippen molar-refractivity contribution in [2.45, 2.75) is 3.49 Å². The molecule has 0 aliphatic rings. The summed E-state index contributed by atoms with van der Waals surface area (Å²) >= 11 is 5.31. The van der Waals surface area contributed by atoms with Crippen molar-refractivity contribution >= 4 is 37.8 Å². The van der Waals surface area contributed by atoms with E-state index in [9.17, 15) is 9.18 Å². The normalized spacial score (nSPS) is 11.0. The molecule has 16 heavy (non-hydrogen) atoms. The molecule has 88 valence electrons. The lowest BCUT2D eigenvalue weighted by atomic mass is 10.2. The molecule has 0 atom stereocenters. The second-order valence-electron chi connectivity index (χ2n) is 2.92. The van der Waals surface area contributed by atoms with Gasteiger partial charge in [0.1, 0.15) is 12.4 Å². The second-order valence-corrected chi connectivity index (χ2v) is 6.50. The van der Waals surface area contributed by atoms with E-state index in [1.54, 1.807) is 24.3 Å². The van der Waals surface area contributed by atoms with Crippen LogP contribution in [-0.4, -0.2) is 23.2 Å². The summed E-state index contributed by atoms with van der Waals surface area (Å²) < 4.78 is 20.7. The number of ether oxygens (including phenoxy) is 2. The molecule has 0 aliphatic carbocycles. The van der Waals surface area contributed by atoms with Crippen molar-refractivity contribution in [3.63, 3.8) is 0 Å². The van der Waals surface area contributed by atoms with Crippen molar-refractivity contribution in [2.75, 3.05) is 13.7 Å². The highest BCUT2D eigenvalue weighted by Gasteiger charge is 2.23. The van der Waals surface area contributed by atoms with Crippen molar-refractivity contribution in [1.82, 2.24) is 0 Å². The molecule has 1 rings (SSSR count). The smallest absolute Gasteiger partial charge is 0.338 e. The first-order valence-electron chi connectivity index (χ1n) is 4.30. The van der Waals surface area contributed by atoms with Gasteiger partial charge in [0.2, 0.25) is 0 Å². The third-order valence-electron chi connectivity index (χ3n) is 1.69. The van der Waals surface area contributed by atoms with Crippen LogP contribution in [0.15, 0.2) is 24.3 Å². The zero-order valence-corrected chi connectivity index (χ0v) is 11.5. The number of hydrogen-bond acceptors (Lipinski definition) is 3. The number of benzene rings is 1. The minimum absolute atomic E-state index is 0.338. The van der Waals surface area contributed by atoms with E-state index in [0.29, 0.717) is 11.3 Å². The van der Waals surface area contributed by atoms with E-state index >= 15 is 0 Å². The molecule has 0 fully saturated rings. The maximum absolute atomic E-state index is 12.9. The minimum atomic E-state index is -1.89. The van der Waals surface area contributed by atoms with E-state index in [1.165, 1.54) is 7.11 Å². The number of alkyl halides is 3. The van der Waals surface area contributed by atoms with Crippen LogP contribution in [0.3, 0.4) is 0 Å². The Bertz CT molecular complexity index is 359. The number of carbonyl (C=O) groups is 1. The first kappa shape index (κ1) is 13.4. The Kier molecular flexibility index (Phi) is 4.73. The van der Waals surface area contributed by atoms with Crippen LogP contribution in [0.1, 0.15) is 10.4 Å². The van der Waals surface area contributed by atoms with Crippen molar-refractivity contribution in [1.29, 1.82) is 0 Å². The van der Waals surface area contributed by atoms with E-state index < -0.39 is 16.1 Å². The fourth-order valence-corrected chi connectivity index (χ4v) is 1.19. The lowest BCUT2D eigenvalue weighted by molar-refractivity contribution is 0.0450. The zero-order valence-electron chi connectivity index (χ0n) is 8.38. The molecule has 0 heterocycles. The fourth-order valence-electron chi connectivity index (χ4n) is 0.958. The summed E-state index contributed by atoms with van der Waals surface area (Å²) in [5, 5.41) is 0. The summed E-state index contributed by atoms with van der Waals surface area (Å²) in [7, 11) is 1.53. The van der Waals surface area contributed by atoms with Crippen LogP contribution in [0.2, 0.25) is 0 Å². The number of esters is 1. The van der Waals surface area contributed by atoms with Crippen molar-refractivity contribution in [3.8, 4) is 5.75 Å². The quantitative estimate of drug-likeness (QED) is 0.614. The third-order valence-corrected chi connectivity index (χ3v) is 2.15. The second kappa shape index (κ2) is 5.63. The first-order chi connectivity index (χ1) is 7.42. The average molecular weight is 356 g/mol. The standard InChI is InChI=1S/C10H9Br2FO3/c1-15-8-4-2-7(3-5-8)9(14)16-6-10(11,12)13/h2-5H,6H2,1H3. The van der Waals surface area contributed by atoms with E-state index in [-0.39, 0.29) is 0 Å². The monoisotopic (exact) mass is 354 g/mol. The van der Waals surface area contributed by atoms with E-state index in [4.69, 9.17) is 9.47 Å². The highest BCUT2D eigenvalue weighted by molar-refractivity contribution is 9.25. The maximum Gasteiger partial charge on any atom is 0.338 e. The molecule has 0 saturated carbocycles. The Labute approximate surface area is 109 Å². The van der Waals surface area contributed by atoms with Gasteiger partial charge in [-0.15, -0.1) is 0 Å². The average Bonchev–Trinajstić information content (AvgIpc) is 2.25. The lowest BCUT2D eigenvalue weighted by Gasteiger charge is -2.10. The SMILES string of the molecule is COc1ccc(C(=O)OCC(F)(Br)Br)cc1. The number of rotatable bonds is 4. The van der Waals surface area contributed by atoms with Gasteiger partial charge in [-0.3, -0.25) is 0 Å². The largest absolute Gasteiger partial charge is 0.497 e. The van der Waals surface area contributed by atoms with Crippen molar-refractivity contribution in [2.24, 2.45) is 0 Å². The molecule has 0 spiro atoms. The van der Waals surface area contributed by atoms with Crippen LogP contribution in [0.5, 0.6) is 5.75 Å². The van der Waals surface area contributed by atoms with Crippen LogP contribution in [-0.2, 0) is 4.74 Å². The Morgan fingerprint density at radius 2 is 1.94 bits per heavy atom. The van der Waals surface area contributed by atoms with E-state index in [1.807, 2.05) is 0 Å². The van der Waals surface area contributed by atoms with Gasteiger partial charge < -0.3 is 9.47 Å². The van der Waals surface area contributed by atoms with Gasteiger partial charge in [0.15, 0.2) is 0 Å². The predicted octanol–water partition coefficient (Wildman–Crippen LogP) is 3.27. The predicted molar refractivity (Wildman–Crippen MR) is 65.0 cm³/mol. The van der Waals surface area contributed by atoms with E-state index in [2.05, 4.69) is 31.9 Å². The number of methoxy groups -OCH3 is 1. The Balaban J connectivity index is 2.59. The van der Waals surface area contributed by atoms with Crippen LogP contribution in [0.4, 0.5) is 4.39 Å². The summed E-state index contributed by atoms with van der Waals surface area (Å²) in [5.74, 6) is 0.0425. The molecule has 0 radical (unpaired) electrons. The van der Waals surface area contributed by atoms with Gasteiger partial charge in [-0.25, -0.2) is 9.18 Å². The van der Waals surface area contributed by atoms with Gasteiger partial charge in [0.25, 0.3) is 3.49 Å². The van der Waals surface area contributed by atoms with Gasteiger partial charge in [-0.1, -0.05) is 0 Å². The highest BCUT2D eigenvalue weighted by Crippen LogP contribution is 2.28. The van der Waals surface area contributed by atoms with Gasteiger partial charge in [-0.2, -0.15) is 0 Å². The van der Waals surface area contributed by atoms with Crippen LogP contribution in [0.25, 0.3) is 0 Å². The molecule has 3 nitrogen and oxygen atoms in total. The maximum atomic E-state index is 12.9. The molecule has 1 aromatic rings. The number of halogens is 3. The molecule has 0 unspecified atom stereocenters. The van der Waals surface area contributed by atoms with Crippen molar-refractivity contribution < 1.29 is 18.7 Å². The molecule has 0 saturated heterocycles. The Morgan fingerprint density at radius 3 is 2.38 bits per heavy atom. The molecule has 1 aromatic carbocycles. The molecule has 0 aliphatic heterocycles. The molecule has 0 amide bonds. The zero-order chi connectivity index (χ0) is 12.2. The van der Waals surface area contributed by atoms with Crippen LogP contribution < -0.4 is 4.74 Å². The molecular weight excluding hydrogens is 347 g/mol. The lowest BCUT2D eigenvalue weighted by Crippen LogP contribution is -2.17. The van der Waals surface area contributed by atoms with Gasteiger partial charge in [0.05, 0.1) is 12.7 Å². The van der Waals surface area contributed by atoms with Gasteiger partial charge >= 0.3 is 5.97 Å². The minimum Gasteiger partial charge on any atom is -0.497 e. The van der Waals surface area contributed by atoms with E-state index in [0.717, 1.165) is 0 Å². The first-order valence-corrected chi connectivity index (χ1v) is 5.89. The molecule has 0 aromatic heterocycles. The third kappa shape index (κ3) is 4.49. The summed E-state index contributed by atoms with van der Waals surface area (Å²) in [6.07, 6.45) is 0. The van der Waals surface area contributed by atoms with Crippen molar-refractivity contribution in [3.05, 3.63) is 29.8 Å². The van der Waals surface area contributed by atoms with Crippen LogP contribution in [0, 0.1) is 0 Å². The van der Waals surface area contributed by atoms with Gasteiger partial charge in [-0.05, 0) is 56.1 Å². The molecule has 0 bridgehead atoms. The Hall–Kier alpha value is -0.620. The highest BCUT2D eigenvalue weighted by atomic mass is 79.9. The molecular formula is C10H9Br2FO3. The fraction of sp³-hybridized carbons (Fsp3) is 0.300. The van der Waals surface area contributed by atoms with Gasteiger partial charge in [0, 0.05) is 0 Å². The Morgan fingerprint density at radius 1 is 1.38 bits per heavy atom. The summed E-state index contributed by atoms with van der Waals surface area (Å²) in [5.41, 5.74) is 0.338. The molecule has 0 N–H and O–H groups in total. The summed E-state index contributed by atoms with van der Waals surface area (Å²) in [6.45, 7) is -0.419. The summed E-state index contributed by atoms with van der Waals surface area (Å²) in [4.78, 5) is 11.4. The number of hydrogen-bond donors (Lipinski definition) is 0. The van der Waals surface area contributed by atoms with Crippen LogP contribution >= 0.6 is 31.9 Å².